The van der Waals surface area contributed by atoms with Crippen LogP contribution >= 0.6 is 11.3 Å². The maximum Gasteiger partial charge on any atom is 0.260 e. The molecule has 0 aromatic carbocycles. The zero-order chi connectivity index (χ0) is 14.7. The van der Waals surface area contributed by atoms with E-state index in [1.807, 2.05) is 16.3 Å². The number of piperidine rings is 1. The van der Waals surface area contributed by atoms with Crippen LogP contribution in [0.1, 0.15) is 32.6 Å². The topological polar surface area (TPSA) is 55.3 Å². The van der Waals surface area contributed by atoms with Crippen LogP contribution in [-0.2, 0) is 4.79 Å². The van der Waals surface area contributed by atoms with Crippen molar-refractivity contribution in [3.8, 4) is 5.88 Å². The lowest BCUT2D eigenvalue weighted by Crippen LogP contribution is -2.45. The summed E-state index contributed by atoms with van der Waals surface area (Å²) in [5.41, 5.74) is 0. The lowest BCUT2D eigenvalue weighted by Gasteiger charge is -2.35. The Morgan fingerprint density at radius 2 is 2.38 bits per heavy atom. The van der Waals surface area contributed by atoms with Crippen molar-refractivity contribution >= 4 is 27.5 Å². The molecule has 1 amide bonds. The number of likely N-dealkylation sites (tertiary alicyclic amines) is 1. The van der Waals surface area contributed by atoms with Crippen LogP contribution in [0, 0.1) is 0 Å². The second-order valence-electron chi connectivity index (χ2n) is 5.25. The summed E-state index contributed by atoms with van der Waals surface area (Å²) >= 11 is 1.54. The Morgan fingerprint density at radius 3 is 3.24 bits per heavy atom. The molecular weight excluding hydrogens is 286 g/mol. The zero-order valence-corrected chi connectivity index (χ0v) is 12.9. The van der Waals surface area contributed by atoms with Crippen LogP contribution in [0.15, 0.2) is 17.8 Å². The molecule has 1 unspecified atom stereocenters. The van der Waals surface area contributed by atoms with Crippen LogP contribution in [0.3, 0.4) is 0 Å². The minimum absolute atomic E-state index is 0.0540. The van der Waals surface area contributed by atoms with Gasteiger partial charge in [0.1, 0.15) is 11.2 Å². The summed E-state index contributed by atoms with van der Waals surface area (Å²) in [5.74, 6) is 0.559. The highest BCUT2D eigenvalue weighted by Gasteiger charge is 2.25. The van der Waals surface area contributed by atoms with E-state index in [2.05, 4.69) is 16.9 Å². The molecule has 2 aromatic rings. The lowest BCUT2D eigenvalue weighted by atomic mass is 10.00. The first-order chi connectivity index (χ1) is 10.3. The first kappa shape index (κ1) is 14.3. The summed E-state index contributed by atoms with van der Waals surface area (Å²) in [5, 5.41) is 2.83. The van der Waals surface area contributed by atoms with Gasteiger partial charge in [-0.1, -0.05) is 6.92 Å². The Balaban J connectivity index is 1.66. The number of ether oxygens (including phenoxy) is 1. The van der Waals surface area contributed by atoms with Crippen molar-refractivity contribution in [1.29, 1.82) is 0 Å². The highest BCUT2D eigenvalue weighted by Crippen LogP contribution is 2.26. The summed E-state index contributed by atoms with van der Waals surface area (Å²) in [6, 6.07) is 2.29. The molecule has 1 aliphatic heterocycles. The number of carbonyl (C=O) groups is 1. The van der Waals surface area contributed by atoms with Gasteiger partial charge in [0.2, 0.25) is 5.88 Å². The second-order valence-corrected chi connectivity index (χ2v) is 6.15. The summed E-state index contributed by atoms with van der Waals surface area (Å²) in [6.45, 7) is 3.03. The van der Waals surface area contributed by atoms with E-state index in [0.29, 0.717) is 11.9 Å². The van der Waals surface area contributed by atoms with E-state index in [4.69, 9.17) is 4.74 Å². The smallest absolute Gasteiger partial charge is 0.260 e. The van der Waals surface area contributed by atoms with Crippen molar-refractivity contribution in [2.75, 3.05) is 13.2 Å². The fourth-order valence-electron chi connectivity index (χ4n) is 2.85. The minimum atomic E-state index is 0.0540. The molecule has 0 spiro atoms. The number of hydrogen-bond donors (Lipinski definition) is 0. The van der Waals surface area contributed by atoms with Gasteiger partial charge in [-0.15, -0.1) is 11.3 Å². The standard InChI is InChI=1S/C15H19N3O2S/c1-2-11-5-3-4-7-18(11)13(19)9-20-14-12-6-8-21-15(12)17-10-16-14/h6,8,10-11H,2-5,7,9H2,1H3. The molecule has 0 aliphatic carbocycles. The molecule has 0 bridgehead atoms. The molecule has 0 N–H and O–H groups in total. The number of fused-ring (bicyclic) bond motifs is 1. The van der Waals surface area contributed by atoms with Gasteiger partial charge in [0, 0.05) is 12.6 Å². The Bertz CT molecular complexity index is 628. The molecule has 1 fully saturated rings. The van der Waals surface area contributed by atoms with Crippen LogP contribution in [0.25, 0.3) is 10.2 Å². The third-order valence-electron chi connectivity index (χ3n) is 3.98. The van der Waals surface area contributed by atoms with Crippen LogP contribution in [-0.4, -0.2) is 40.0 Å². The number of aromatic nitrogens is 2. The largest absolute Gasteiger partial charge is 0.467 e. The summed E-state index contributed by atoms with van der Waals surface area (Å²) in [4.78, 5) is 23.5. The molecule has 21 heavy (non-hydrogen) atoms. The van der Waals surface area contributed by atoms with Crippen molar-refractivity contribution in [3.63, 3.8) is 0 Å². The molecule has 1 saturated heterocycles. The number of hydrogen-bond acceptors (Lipinski definition) is 5. The Labute approximate surface area is 128 Å². The van der Waals surface area contributed by atoms with Gasteiger partial charge >= 0.3 is 0 Å². The van der Waals surface area contributed by atoms with Gasteiger partial charge in [0.05, 0.1) is 5.39 Å². The van der Waals surface area contributed by atoms with E-state index < -0.39 is 0 Å². The Morgan fingerprint density at radius 1 is 1.48 bits per heavy atom. The third kappa shape index (κ3) is 3.00. The van der Waals surface area contributed by atoms with Gasteiger partial charge in [-0.2, -0.15) is 0 Å². The average molecular weight is 305 g/mol. The van der Waals surface area contributed by atoms with Gasteiger partial charge < -0.3 is 9.64 Å². The quantitative estimate of drug-likeness (QED) is 0.871. The van der Waals surface area contributed by atoms with Crippen molar-refractivity contribution in [3.05, 3.63) is 17.8 Å². The third-order valence-corrected chi connectivity index (χ3v) is 4.80. The highest BCUT2D eigenvalue weighted by molar-refractivity contribution is 7.16. The predicted octanol–water partition coefficient (Wildman–Crippen LogP) is 2.86. The van der Waals surface area contributed by atoms with Crippen LogP contribution < -0.4 is 4.74 Å². The molecule has 2 aromatic heterocycles. The van der Waals surface area contributed by atoms with Crippen LogP contribution in [0.2, 0.25) is 0 Å². The molecule has 112 valence electrons. The minimum Gasteiger partial charge on any atom is -0.467 e. The van der Waals surface area contributed by atoms with Crippen molar-refractivity contribution < 1.29 is 9.53 Å². The maximum absolute atomic E-state index is 12.4. The van der Waals surface area contributed by atoms with E-state index in [1.54, 1.807) is 11.3 Å². The molecule has 5 nitrogen and oxygen atoms in total. The average Bonchev–Trinajstić information content (AvgIpc) is 3.01. The highest BCUT2D eigenvalue weighted by atomic mass is 32.1. The Kier molecular flexibility index (Phi) is 4.34. The van der Waals surface area contributed by atoms with Gasteiger partial charge in [-0.05, 0) is 37.1 Å². The number of nitrogens with zero attached hydrogens (tertiary/aromatic N) is 3. The van der Waals surface area contributed by atoms with Crippen molar-refractivity contribution in [2.45, 2.75) is 38.6 Å². The number of amides is 1. The van der Waals surface area contributed by atoms with E-state index in [-0.39, 0.29) is 12.5 Å². The monoisotopic (exact) mass is 305 g/mol. The maximum atomic E-state index is 12.4. The lowest BCUT2D eigenvalue weighted by molar-refractivity contribution is -0.137. The van der Waals surface area contributed by atoms with E-state index in [1.165, 1.54) is 12.7 Å². The molecular formula is C15H19N3O2S. The number of thiophene rings is 1. The van der Waals surface area contributed by atoms with Crippen LogP contribution in [0.5, 0.6) is 5.88 Å². The normalized spacial score (nSPS) is 18.9. The SMILES string of the molecule is CCC1CCCCN1C(=O)COc1ncnc2sccc12. The molecule has 1 atom stereocenters. The molecule has 3 rings (SSSR count). The summed E-state index contributed by atoms with van der Waals surface area (Å²) < 4.78 is 5.65. The molecule has 3 heterocycles. The van der Waals surface area contributed by atoms with Gasteiger partial charge in [-0.3, -0.25) is 4.79 Å². The predicted molar refractivity (Wildman–Crippen MR) is 82.6 cm³/mol. The summed E-state index contributed by atoms with van der Waals surface area (Å²) in [6.07, 6.45) is 5.89. The summed E-state index contributed by atoms with van der Waals surface area (Å²) in [7, 11) is 0. The Hall–Kier alpha value is -1.69. The molecule has 6 heteroatoms. The fourth-order valence-corrected chi connectivity index (χ4v) is 3.57. The first-order valence-electron chi connectivity index (χ1n) is 7.40. The van der Waals surface area contributed by atoms with Gasteiger partial charge in [0.25, 0.3) is 5.91 Å². The first-order valence-corrected chi connectivity index (χ1v) is 8.28. The second kappa shape index (κ2) is 6.39. The zero-order valence-electron chi connectivity index (χ0n) is 12.1. The molecule has 1 aliphatic rings. The molecule has 0 saturated carbocycles. The van der Waals surface area contributed by atoms with Crippen molar-refractivity contribution in [1.82, 2.24) is 14.9 Å². The number of rotatable bonds is 4. The van der Waals surface area contributed by atoms with Gasteiger partial charge in [0.15, 0.2) is 6.61 Å². The van der Waals surface area contributed by atoms with E-state index >= 15 is 0 Å². The van der Waals surface area contributed by atoms with Crippen molar-refractivity contribution in [2.24, 2.45) is 0 Å². The van der Waals surface area contributed by atoms with Crippen LogP contribution in [0.4, 0.5) is 0 Å². The number of carbonyl (C=O) groups excluding carboxylic acids is 1. The fraction of sp³-hybridized carbons (Fsp3) is 0.533. The van der Waals surface area contributed by atoms with E-state index in [9.17, 15) is 4.79 Å². The van der Waals surface area contributed by atoms with E-state index in [0.717, 1.165) is 36.0 Å². The van der Waals surface area contributed by atoms with Gasteiger partial charge in [-0.25, -0.2) is 9.97 Å². The molecule has 0 radical (unpaired) electrons.